The zero-order chi connectivity index (χ0) is 12.5. The number of carbonyl (C=O) groups is 1. The Bertz CT molecular complexity index is 448. The first-order valence-electron chi connectivity index (χ1n) is 6.54. The van der Waals surface area contributed by atoms with Crippen LogP contribution in [0.3, 0.4) is 0 Å². The Morgan fingerprint density at radius 2 is 2.06 bits per heavy atom. The second-order valence-corrected chi connectivity index (χ2v) is 5.51. The molecule has 2 atom stereocenters. The van der Waals surface area contributed by atoms with Gasteiger partial charge < -0.3 is 4.90 Å². The van der Waals surface area contributed by atoms with Crippen molar-refractivity contribution in [2.75, 3.05) is 6.54 Å². The molecule has 4 nitrogen and oxygen atoms in total. The van der Waals surface area contributed by atoms with Crippen LogP contribution in [0.4, 0.5) is 0 Å². The number of hydrogen-bond acceptors (Lipinski definition) is 3. The van der Waals surface area contributed by atoms with Gasteiger partial charge in [-0.05, 0) is 25.2 Å². The molecule has 0 spiro atoms. The molecule has 2 fully saturated rings. The highest BCUT2D eigenvalue weighted by atomic mass is 35.5. The number of aromatic nitrogens is 2. The normalized spacial score (nSPS) is 27.1. The Morgan fingerprint density at radius 3 is 2.83 bits per heavy atom. The van der Waals surface area contributed by atoms with E-state index >= 15 is 0 Å². The maximum Gasteiger partial charge on any atom is 0.274 e. The van der Waals surface area contributed by atoms with Crippen LogP contribution < -0.4 is 0 Å². The lowest BCUT2D eigenvalue weighted by Gasteiger charge is -2.31. The molecule has 1 amide bonds. The van der Waals surface area contributed by atoms with Gasteiger partial charge in [-0.25, -0.2) is 9.97 Å². The minimum atomic E-state index is 0.00793. The largest absolute Gasteiger partial charge is 0.334 e. The first-order valence-corrected chi connectivity index (χ1v) is 6.92. The Labute approximate surface area is 111 Å². The van der Waals surface area contributed by atoms with E-state index in [1.54, 1.807) is 0 Å². The second kappa shape index (κ2) is 4.84. The molecule has 1 aromatic rings. The van der Waals surface area contributed by atoms with Gasteiger partial charge in [-0.2, -0.15) is 0 Å². The molecule has 2 unspecified atom stereocenters. The lowest BCUT2D eigenvalue weighted by atomic mass is 9.85. The van der Waals surface area contributed by atoms with Crippen molar-refractivity contribution in [3.63, 3.8) is 0 Å². The van der Waals surface area contributed by atoms with Crippen LogP contribution in [0.25, 0.3) is 0 Å². The van der Waals surface area contributed by atoms with Crippen LogP contribution in [0.1, 0.15) is 42.6 Å². The SMILES string of the molecule is O=C(c1cnc(Cl)cn1)N1CCC2CCCCC21. The fourth-order valence-electron chi connectivity index (χ4n) is 3.23. The fourth-order valence-corrected chi connectivity index (χ4v) is 3.33. The number of fused-ring (bicyclic) bond motifs is 1. The Balaban J connectivity index is 1.78. The van der Waals surface area contributed by atoms with Gasteiger partial charge in [0.05, 0.1) is 12.4 Å². The third kappa shape index (κ3) is 2.09. The predicted octanol–water partition coefficient (Wildman–Crippen LogP) is 2.53. The summed E-state index contributed by atoms with van der Waals surface area (Å²) in [6.45, 7) is 0.860. The first kappa shape index (κ1) is 11.9. The lowest BCUT2D eigenvalue weighted by Crippen LogP contribution is -2.39. The summed E-state index contributed by atoms with van der Waals surface area (Å²) in [5.41, 5.74) is 0.408. The highest BCUT2D eigenvalue weighted by Crippen LogP contribution is 2.36. The number of amides is 1. The molecule has 2 heterocycles. The van der Waals surface area contributed by atoms with E-state index in [2.05, 4.69) is 9.97 Å². The lowest BCUT2D eigenvalue weighted by molar-refractivity contribution is 0.0683. The molecule has 1 aliphatic heterocycles. The van der Waals surface area contributed by atoms with Crippen molar-refractivity contribution >= 4 is 17.5 Å². The molecule has 2 aliphatic rings. The summed E-state index contributed by atoms with van der Waals surface area (Å²) in [7, 11) is 0. The average Bonchev–Trinajstić information content (AvgIpc) is 2.82. The van der Waals surface area contributed by atoms with Gasteiger partial charge in [-0.15, -0.1) is 0 Å². The molecule has 18 heavy (non-hydrogen) atoms. The summed E-state index contributed by atoms with van der Waals surface area (Å²) in [6.07, 6.45) is 8.99. The number of hydrogen-bond donors (Lipinski definition) is 0. The zero-order valence-electron chi connectivity index (χ0n) is 10.2. The van der Waals surface area contributed by atoms with E-state index in [0.29, 0.717) is 22.8 Å². The van der Waals surface area contributed by atoms with Gasteiger partial charge in [0.25, 0.3) is 5.91 Å². The van der Waals surface area contributed by atoms with Crippen molar-refractivity contribution in [1.82, 2.24) is 14.9 Å². The van der Waals surface area contributed by atoms with Crippen LogP contribution in [0.15, 0.2) is 12.4 Å². The molecule has 0 aromatic carbocycles. The first-order chi connectivity index (χ1) is 8.75. The van der Waals surface area contributed by atoms with Crippen LogP contribution in [0.5, 0.6) is 0 Å². The summed E-state index contributed by atoms with van der Waals surface area (Å²) >= 11 is 5.69. The molecule has 1 aliphatic carbocycles. The summed E-state index contributed by atoms with van der Waals surface area (Å²) in [5.74, 6) is 0.705. The molecular weight excluding hydrogens is 250 g/mol. The molecule has 3 rings (SSSR count). The molecular formula is C13H16ClN3O. The van der Waals surface area contributed by atoms with Gasteiger partial charge in [-0.1, -0.05) is 24.4 Å². The Morgan fingerprint density at radius 1 is 1.22 bits per heavy atom. The molecule has 96 valence electrons. The van der Waals surface area contributed by atoms with Crippen molar-refractivity contribution in [2.45, 2.75) is 38.1 Å². The average molecular weight is 266 g/mol. The van der Waals surface area contributed by atoms with E-state index in [4.69, 9.17) is 11.6 Å². The number of likely N-dealkylation sites (tertiary alicyclic amines) is 1. The smallest absolute Gasteiger partial charge is 0.274 e. The number of halogens is 1. The van der Waals surface area contributed by atoms with Crippen LogP contribution in [-0.4, -0.2) is 33.4 Å². The van der Waals surface area contributed by atoms with Crippen molar-refractivity contribution in [3.8, 4) is 0 Å². The quantitative estimate of drug-likeness (QED) is 0.784. The number of rotatable bonds is 1. The van der Waals surface area contributed by atoms with Crippen molar-refractivity contribution in [1.29, 1.82) is 0 Å². The number of nitrogens with zero attached hydrogens (tertiary/aromatic N) is 3. The van der Waals surface area contributed by atoms with E-state index in [1.165, 1.54) is 31.7 Å². The van der Waals surface area contributed by atoms with E-state index in [-0.39, 0.29) is 5.91 Å². The molecule has 0 bridgehead atoms. The maximum absolute atomic E-state index is 12.4. The van der Waals surface area contributed by atoms with Crippen LogP contribution in [0, 0.1) is 5.92 Å². The standard InChI is InChI=1S/C13H16ClN3O/c14-12-8-15-10(7-16-12)13(18)17-6-5-9-3-1-2-4-11(9)17/h7-9,11H,1-6H2. The Kier molecular flexibility index (Phi) is 3.20. The van der Waals surface area contributed by atoms with Gasteiger partial charge in [0.2, 0.25) is 0 Å². The monoisotopic (exact) mass is 265 g/mol. The number of carbonyl (C=O) groups excluding carboxylic acids is 1. The third-order valence-corrected chi connectivity index (χ3v) is 4.31. The van der Waals surface area contributed by atoms with E-state index < -0.39 is 0 Å². The molecule has 0 N–H and O–H groups in total. The van der Waals surface area contributed by atoms with E-state index in [0.717, 1.165) is 19.4 Å². The van der Waals surface area contributed by atoms with Crippen molar-refractivity contribution < 1.29 is 4.79 Å². The summed E-state index contributed by atoms with van der Waals surface area (Å²) in [4.78, 5) is 22.4. The van der Waals surface area contributed by atoms with Crippen molar-refractivity contribution in [3.05, 3.63) is 23.2 Å². The van der Waals surface area contributed by atoms with Gasteiger partial charge in [-0.3, -0.25) is 4.79 Å². The predicted molar refractivity (Wildman–Crippen MR) is 68.4 cm³/mol. The fraction of sp³-hybridized carbons (Fsp3) is 0.615. The van der Waals surface area contributed by atoms with Crippen LogP contribution in [0.2, 0.25) is 5.15 Å². The van der Waals surface area contributed by atoms with Gasteiger partial charge in [0.15, 0.2) is 0 Å². The molecule has 5 heteroatoms. The summed E-state index contributed by atoms with van der Waals surface area (Å²) in [6, 6.07) is 0.420. The van der Waals surface area contributed by atoms with Gasteiger partial charge in [0, 0.05) is 12.6 Å². The Hall–Kier alpha value is -1.16. The van der Waals surface area contributed by atoms with E-state index in [1.807, 2.05) is 4.90 Å². The molecule has 1 saturated heterocycles. The van der Waals surface area contributed by atoms with Crippen molar-refractivity contribution in [2.24, 2.45) is 5.92 Å². The zero-order valence-corrected chi connectivity index (χ0v) is 10.9. The topological polar surface area (TPSA) is 46.1 Å². The summed E-state index contributed by atoms with van der Waals surface area (Å²) < 4.78 is 0. The molecule has 1 saturated carbocycles. The van der Waals surface area contributed by atoms with Crippen LogP contribution >= 0.6 is 11.6 Å². The highest BCUT2D eigenvalue weighted by molar-refractivity contribution is 6.29. The molecule has 0 radical (unpaired) electrons. The second-order valence-electron chi connectivity index (χ2n) is 5.12. The van der Waals surface area contributed by atoms with Gasteiger partial charge >= 0.3 is 0 Å². The van der Waals surface area contributed by atoms with Crippen LogP contribution in [-0.2, 0) is 0 Å². The molecule has 1 aromatic heterocycles. The van der Waals surface area contributed by atoms with Gasteiger partial charge in [0.1, 0.15) is 10.8 Å². The maximum atomic E-state index is 12.4. The summed E-state index contributed by atoms with van der Waals surface area (Å²) in [5, 5.41) is 0.323. The third-order valence-electron chi connectivity index (χ3n) is 4.11. The minimum absolute atomic E-state index is 0.00793. The highest BCUT2D eigenvalue weighted by Gasteiger charge is 2.38. The minimum Gasteiger partial charge on any atom is -0.334 e. The van der Waals surface area contributed by atoms with E-state index in [9.17, 15) is 4.79 Å².